The number of carbonyl (C=O) groups excluding carboxylic acids is 1. The molecule has 0 radical (unpaired) electrons. The monoisotopic (exact) mass is 207 g/mol. The molecule has 0 amide bonds. The summed E-state index contributed by atoms with van der Waals surface area (Å²) in [4.78, 5) is 11.7. The molecule has 15 heavy (non-hydrogen) atoms. The topological polar surface area (TPSA) is 58.9 Å². The molecule has 0 saturated carbocycles. The summed E-state index contributed by atoms with van der Waals surface area (Å²) in [6.45, 7) is 2.31. The highest BCUT2D eigenvalue weighted by Crippen LogP contribution is 2.01. The van der Waals surface area contributed by atoms with Crippen molar-refractivity contribution in [1.29, 1.82) is 0 Å². The van der Waals surface area contributed by atoms with Crippen molar-refractivity contribution in [2.75, 3.05) is 13.2 Å². The molecule has 1 aromatic carbocycles. The predicted octanol–water partition coefficient (Wildman–Crippen LogP) is 1.74. The lowest BCUT2D eigenvalue weighted by Crippen LogP contribution is -2.20. The fraction of sp³-hybridized carbons (Fsp3) is 0.273. The predicted molar refractivity (Wildman–Crippen MR) is 56.5 cm³/mol. The summed E-state index contributed by atoms with van der Waals surface area (Å²) in [5.74, 6) is -0.313. The van der Waals surface area contributed by atoms with E-state index in [1.807, 2.05) is 13.0 Å². The van der Waals surface area contributed by atoms with Gasteiger partial charge in [-0.05, 0) is 6.92 Å². The Hall–Kier alpha value is -1.68. The van der Waals surface area contributed by atoms with Crippen LogP contribution in [0.15, 0.2) is 35.5 Å². The first-order valence-electron chi connectivity index (χ1n) is 4.68. The van der Waals surface area contributed by atoms with E-state index < -0.39 is 0 Å². The van der Waals surface area contributed by atoms with Crippen molar-refractivity contribution < 1.29 is 14.7 Å². The van der Waals surface area contributed by atoms with E-state index in [9.17, 15) is 4.79 Å². The van der Waals surface area contributed by atoms with E-state index in [1.165, 1.54) is 0 Å². The Labute approximate surface area is 88.2 Å². The standard InChI is InChI=1S/C11H13NO3/c1-2-15-8-10(12-14)11(13)9-6-4-3-5-7-9/h3-7,14H,2,8H2,1H3/b12-10-. The Kier molecular flexibility index (Phi) is 4.50. The smallest absolute Gasteiger partial charge is 0.212 e. The van der Waals surface area contributed by atoms with Crippen LogP contribution in [0, 0.1) is 0 Å². The number of benzene rings is 1. The second-order valence-electron chi connectivity index (χ2n) is 2.88. The zero-order valence-corrected chi connectivity index (χ0v) is 8.51. The average Bonchev–Trinajstić information content (AvgIpc) is 2.31. The quantitative estimate of drug-likeness (QED) is 0.346. The van der Waals surface area contributed by atoms with E-state index in [-0.39, 0.29) is 18.1 Å². The van der Waals surface area contributed by atoms with Crippen LogP contribution in [0.2, 0.25) is 0 Å². The minimum absolute atomic E-state index is 0.0167. The number of rotatable bonds is 5. The largest absolute Gasteiger partial charge is 0.410 e. The number of nitrogens with zero attached hydrogens (tertiary/aromatic N) is 1. The van der Waals surface area contributed by atoms with E-state index in [0.29, 0.717) is 12.2 Å². The summed E-state index contributed by atoms with van der Waals surface area (Å²) >= 11 is 0. The first-order valence-corrected chi connectivity index (χ1v) is 4.68. The van der Waals surface area contributed by atoms with Gasteiger partial charge in [0, 0.05) is 12.2 Å². The zero-order valence-electron chi connectivity index (χ0n) is 8.51. The van der Waals surface area contributed by atoms with Crippen LogP contribution in [0.25, 0.3) is 0 Å². The average molecular weight is 207 g/mol. The lowest BCUT2D eigenvalue weighted by molar-refractivity contribution is 0.104. The van der Waals surface area contributed by atoms with Crippen LogP contribution in [0.1, 0.15) is 17.3 Å². The summed E-state index contributed by atoms with van der Waals surface area (Å²) in [5, 5.41) is 11.6. The molecule has 0 spiro atoms. The number of ketones is 1. The number of hydrogen-bond acceptors (Lipinski definition) is 4. The normalized spacial score (nSPS) is 11.4. The third kappa shape index (κ3) is 3.18. The van der Waals surface area contributed by atoms with E-state index in [2.05, 4.69) is 5.16 Å². The van der Waals surface area contributed by atoms with Crippen LogP contribution in [0.5, 0.6) is 0 Å². The van der Waals surface area contributed by atoms with Crippen molar-refractivity contribution in [3.05, 3.63) is 35.9 Å². The first-order chi connectivity index (χ1) is 7.29. The van der Waals surface area contributed by atoms with E-state index in [4.69, 9.17) is 9.94 Å². The van der Waals surface area contributed by atoms with Crippen molar-refractivity contribution in [1.82, 2.24) is 0 Å². The van der Waals surface area contributed by atoms with Gasteiger partial charge in [0.1, 0.15) is 0 Å². The fourth-order valence-electron chi connectivity index (χ4n) is 1.09. The third-order valence-electron chi connectivity index (χ3n) is 1.86. The second kappa shape index (κ2) is 5.93. The third-order valence-corrected chi connectivity index (χ3v) is 1.86. The Morgan fingerprint density at radius 1 is 1.40 bits per heavy atom. The minimum Gasteiger partial charge on any atom is -0.410 e. The number of oxime groups is 1. The molecule has 0 bridgehead atoms. The molecule has 1 rings (SSSR count). The summed E-state index contributed by atoms with van der Waals surface area (Å²) in [7, 11) is 0. The summed E-state index contributed by atoms with van der Waals surface area (Å²) in [5.41, 5.74) is 0.507. The van der Waals surface area contributed by atoms with Gasteiger partial charge in [-0.25, -0.2) is 0 Å². The van der Waals surface area contributed by atoms with E-state index >= 15 is 0 Å². The molecule has 80 valence electrons. The molecule has 0 aliphatic carbocycles. The van der Waals surface area contributed by atoms with Gasteiger partial charge in [-0.2, -0.15) is 0 Å². The van der Waals surface area contributed by atoms with Gasteiger partial charge in [0.15, 0.2) is 5.71 Å². The molecule has 0 aliphatic rings. The summed E-state index contributed by atoms with van der Waals surface area (Å²) < 4.78 is 5.02. The molecule has 4 heteroatoms. The summed E-state index contributed by atoms with van der Waals surface area (Å²) in [6, 6.07) is 8.65. The Morgan fingerprint density at radius 2 is 2.07 bits per heavy atom. The van der Waals surface area contributed by atoms with Crippen molar-refractivity contribution in [2.45, 2.75) is 6.92 Å². The Morgan fingerprint density at radius 3 is 2.60 bits per heavy atom. The lowest BCUT2D eigenvalue weighted by Gasteiger charge is -2.03. The molecule has 0 atom stereocenters. The van der Waals surface area contributed by atoms with E-state index in [0.717, 1.165) is 0 Å². The van der Waals surface area contributed by atoms with Crippen LogP contribution in [0.3, 0.4) is 0 Å². The SMILES string of the molecule is CCOC/C(=N/O)C(=O)c1ccccc1. The maximum absolute atomic E-state index is 11.7. The van der Waals surface area contributed by atoms with Crippen LogP contribution >= 0.6 is 0 Å². The van der Waals surface area contributed by atoms with Gasteiger partial charge in [-0.3, -0.25) is 4.79 Å². The molecule has 1 N–H and O–H groups in total. The van der Waals surface area contributed by atoms with E-state index in [1.54, 1.807) is 24.3 Å². The van der Waals surface area contributed by atoms with Gasteiger partial charge in [-0.15, -0.1) is 0 Å². The highest BCUT2D eigenvalue weighted by molar-refractivity contribution is 6.46. The van der Waals surface area contributed by atoms with Crippen LogP contribution < -0.4 is 0 Å². The molecule has 4 nitrogen and oxygen atoms in total. The van der Waals surface area contributed by atoms with Gasteiger partial charge in [0.2, 0.25) is 5.78 Å². The maximum atomic E-state index is 11.7. The molecule has 0 aliphatic heterocycles. The van der Waals surface area contributed by atoms with Crippen molar-refractivity contribution in [2.24, 2.45) is 5.16 Å². The number of ether oxygens (including phenoxy) is 1. The van der Waals surface area contributed by atoms with Crippen molar-refractivity contribution in [3.63, 3.8) is 0 Å². The Balaban J connectivity index is 2.75. The molecule has 0 unspecified atom stereocenters. The number of hydrogen-bond donors (Lipinski definition) is 1. The molecular formula is C11H13NO3. The van der Waals surface area contributed by atoms with Crippen molar-refractivity contribution >= 4 is 11.5 Å². The van der Waals surface area contributed by atoms with Crippen LogP contribution in [0.4, 0.5) is 0 Å². The van der Waals surface area contributed by atoms with Gasteiger partial charge >= 0.3 is 0 Å². The number of Topliss-reactive ketones (excluding diaryl/α,β-unsaturated/α-hetero) is 1. The highest BCUT2D eigenvalue weighted by atomic mass is 16.5. The highest BCUT2D eigenvalue weighted by Gasteiger charge is 2.14. The molecule has 1 aromatic rings. The summed E-state index contributed by atoms with van der Waals surface area (Å²) in [6.07, 6.45) is 0. The van der Waals surface area contributed by atoms with Crippen molar-refractivity contribution in [3.8, 4) is 0 Å². The Bertz CT molecular complexity index is 346. The zero-order chi connectivity index (χ0) is 11.1. The molecular weight excluding hydrogens is 194 g/mol. The second-order valence-corrected chi connectivity index (χ2v) is 2.88. The molecule has 0 aromatic heterocycles. The lowest BCUT2D eigenvalue weighted by atomic mass is 10.1. The van der Waals surface area contributed by atoms with Gasteiger partial charge in [0.25, 0.3) is 0 Å². The van der Waals surface area contributed by atoms with Crippen LogP contribution in [-0.4, -0.2) is 29.9 Å². The molecule has 0 fully saturated rings. The van der Waals surface area contributed by atoms with Gasteiger partial charge < -0.3 is 9.94 Å². The number of carbonyl (C=O) groups is 1. The molecule has 0 saturated heterocycles. The molecule has 0 heterocycles. The van der Waals surface area contributed by atoms with Gasteiger partial charge in [-0.1, -0.05) is 35.5 Å². The first kappa shape index (κ1) is 11.4. The fourth-order valence-corrected chi connectivity index (χ4v) is 1.09. The van der Waals surface area contributed by atoms with Crippen LogP contribution in [-0.2, 0) is 4.74 Å². The minimum atomic E-state index is -0.313. The maximum Gasteiger partial charge on any atom is 0.212 e. The van der Waals surface area contributed by atoms with Gasteiger partial charge in [0.05, 0.1) is 6.61 Å².